The molecule has 0 bridgehead atoms. The molecule has 0 atom stereocenters. The molecule has 0 saturated heterocycles. The fraction of sp³-hybridized carbons (Fsp3) is 0.222. The van der Waals surface area contributed by atoms with Crippen LogP contribution in [0.3, 0.4) is 0 Å². The Balaban J connectivity index is 2.10. The van der Waals surface area contributed by atoms with Crippen molar-refractivity contribution in [3.05, 3.63) is 59.4 Å². The van der Waals surface area contributed by atoms with Crippen molar-refractivity contribution in [3.8, 4) is 5.75 Å². The Morgan fingerprint density at radius 3 is 2.58 bits per heavy atom. The van der Waals surface area contributed by atoms with E-state index in [1.807, 2.05) is 6.92 Å². The van der Waals surface area contributed by atoms with Gasteiger partial charge in [-0.1, -0.05) is 18.2 Å². The van der Waals surface area contributed by atoms with Gasteiger partial charge in [0.1, 0.15) is 0 Å². The molecule has 2 amide bonds. The maximum atomic E-state index is 13.7. The monoisotopic (exact) mass is 330 g/mol. The molecule has 2 N–H and O–H groups in total. The van der Waals surface area contributed by atoms with Gasteiger partial charge in [-0.3, -0.25) is 9.59 Å². The molecular weight excluding hydrogens is 311 g/mol. The summed E-state index contributed by atoms with van der Waals surface area (Å²) in [7, 11) is 1.38. The summed E-state index contributed by atoms with van der Waals surface area (Å²) in [4.78, 5) is 24.2. The van der Waals surface area contributed by atoms with Crippen LogP contribution in [0.15, 0.2) is 42.5 Å². The minimum absolute atomic E-state index is 0.00928. The minimum Gasteiger partial charge on any atom is -0.494 e. The highest BCUT2D eigenvalue weighted by atomic mass is 19.1. The molecule has 0 unspecified atom stereocenters. The third-order valence-corrected chi connectivity index (χ3v) is 3.36. The highest BCUT2D eigenvalue weighted by molar-refractivity contribution is 6.04. The van der Waals surface area contributed by atoms with E-state index in [1.54, 1.807) is 30.3 Å². The predicted octanol–water partition coefficient (Wildman–Crippen LogP) is 2.77. The Morgan fingerprint density at radius 1 is 1.17 bits per heavy atom. The minimum atomic E-state index is -0.523. The largest absolute Gasteiger partial charge is 0.494 e. The molecule has 2 aromatic carbocycles. The van der Waals surface area contributed by atoms with E-state index < -0.39 is 5.82 Å². The van der Waals surface area contributed by atoms with Gasteiger partial charge in [0.25, 0.3) is 5.91 Å². The molecule has 24 heavy (non-hydrogen) atoms. The van der Waals surface area contributed by atoms with Crippen LogP contribution in [0.4, 0.5) is 10.1 Å². The topological polar surface area (TPSA) is 67.4 Å². The SMILES string of the molecule is CCNC(=O)c1ccccc1NC(=O)Cc1ccc(OC)c(F)c1. The Labute approximate surface area is 139 Å². The zero-order valence-corrected chi connectivity index (χ0v) is 13.6. The lowest BCUT2D eigenvalue weighted by molar-refractivity contribution is -0.115. The molecule has 0 aliphatic heterocycles. The summed E-state index contributed by atoms with van der Waals surface area (Å²) in [5, 5.41) is 5.38. The zero-order valence-electron chi connectivity index (χ0n) is 13.6. The molecule has 0 aliphatic rings. The first-order chi connectivity index (χ1) is 11.5. The average molecular weight is 330 g/mol. The second kappa shape index (κ2) is 8.10. The van der Waals surface area contributed by atoms with Crippen molar-refractivity contribution in [2.75, 3.05) is 19.0 Å². The first-order valence-electron chi connectivity index (χ1n) is 7.54. The summed E-state index contributed by atoms with van der Waals surface area (Å²) in [5.41, 5.74) is 1.32. The Hall–Kier alpha value is -2.89. The molecule has 2 aromatic rings. The molecule has 0 aliphatic carbocycles. The molecular formula is C18H19FN2O3. The number of para-hydroxylation sites is 1. The molecule has 0 spiro atoms. The number of carbonyl (C=O) groups excluding carboxylic acids is 2. The van der Waals surface area contributed by atoms with Gasteiger partial charge in [-0.25, -0.2) is 4.39 Å². The summed E-state index contributed by atoms with van der Waals surface area (Å²) in [5.74, 6) is -0.994. The molecule has 126 valence electrons. The molecule has 0 radical (unpaired) electrons. The predicted molar refractivity (Wildman–Crippen MR) is 89.7 cm³/mol. The quantitative estimate of drug-likeness (QED) is 0.856. The number of anilines is 1. The van der Waals surface area contributed by atoms with E-state index in [-0.39, 0.29) is 24.0 Å². The van der Waals surface area contributed by atoms with Crippen LogP contribution in [-0.4, -0.2) is 25.5 Å². The van der Waals surface area contributed by atoms with Crippen molar-refractivity contribution < 1.29 is 18.7 Å². The van der Waals surface area contributed by atoms with E-state index in [0.717, 1.165) is 0 Å². The van der Waals surface area contributed by atoms with E-state index in [2.05, 4.69) is 10.6 Å². The zero-order chi connectivity index (χ0) is 17.5. The van der Waals surface area contributed by atoms with Gasteiger partial charge in [0.2, 0.25) is 5.91 Å². The van der Waals surface area contributed by atoms with Crippen LogP contribution in [0.2, 0.25) is 0 Å². The number of hydrogen-bond acceptors (Lipinski definition) is 3. The number of rotatable bonds is 6. The molecule has 0 aromatic heterocycles. The average Bonchev–Trinajstić information content (AvgIpc) is 2.55. The van der Waals surface area contributed by atoms with Gasteiger partial charge in [0.15, 0.2) is 11.6 Å². The first-order valence-corrected chi connectivity index (χ1v) is 7.54. The molecule has 0 fully saturated rings. The van der Waals surface area contributed by atoms with E-state index >= 15 is 0 Å². The smallest absolute Gasteiger partial charge is 0.253 e. The van der Waals surface area contributed by atoms with Crippen LogP contribution in [0, 0.1) is 5.82 Å². The molecule has 6 heteroatoms. The molecule has 0 saturated carbocycles. The summed E-state index contributed by atoms with van der Waals surface area (Å²) in [6.07, 6.45) is -0.00928. The maximum Gasteiger partial charge on any atom is 0.253 e. The first kappa shape index (κ1) is 17.5. The van der Waals surface area contributed by atoms with Crippen LogP contribution in [0.25, 0.3) is 0 Å². The number of halogens is 1. The third-order valence-electron chi connectivity index (χ3n) is 3.36. The van der Waals surface area contributed by atoms with Crippen molar-refractivity contribution >= 4 is 17.5 Å². The Bertz CT molecular complexity index is 747. The van der Waals surface area contributed by atoms with Crippen molar-refractivity contribution in [2.24, 2.45) is 0 Å². The molecule has 2 rings (SSSR count). The number of hydrogen-bond donors (Lipinski definition) is 2. The highest BCUT2D eigenvalue weighted by Gasteiger charge is 2.13. The fourth-order valence-corrected chi connectivity index (χ4v) is 2.25. The third kappa shape index (κ3) is 4.32. The van der Waals surface area contributed by atoms with Crippen molar-refractivity contribution in [1.29, 1.82) is 0 Å². The van der Waals surface area contributed by atoms with Gasteiger partial charge in [-0.05, 0) is 36.8 Å². The summed E-state index contributed by atoms with van der Waals surface area (Å²) in [6.45, 7) is 2.31. The van der Waals surface area contributed by atoms with Crippen LogP contribution >= 0.6 is 0 Å². The van der Waals surface area contributed by atoms with E-state index in [0.29, 0.717) is 23.4 Å². The van der Waals surface area contributed by atoms with Crippen LogP contribution in [-0.2, 0) is 11.2 Å². The van der Waals surface area contributed by atoms with Gasteiger partial charge >= 0.3 is 0 Å². The van der Waals surface area contributed by atoms with Crippen LogP contribution in [0.1, 0.15) is 22.8 Å². The van der Waals surface area contributed by atoms with Gasteiger partial charge in [-0.2, -0.15) is 0 Å². The number of nitrogens with one attached hydrogen (secondary N) is 2. The number of methoxy groups -OCH3 is 1. The van der Waals surface area contributed by atoms with Crippen molar-refractivity contribution in [2.45, 2.75) is 13.3 Å². The fourth-order valence-electron chi connectivity index (χ4n) is 2.25. The van der Waals surface area contributed by atoms with Crippen LogP contribution < -0.4 is 15.4 Å². The number of benzene rings is 2. The summed E-state index contributed by atoms with van der Waals surface area (Å²) < 4.78 is 18.5. The van der Waals surface area contributed by atoms with Gasteiger partial charge in [-0.15, -0.1) is 0 Å². The van der Waals surface area contributed by atoms with Gasteiger partial charge in [0, 0.05) is 6.54 Å². The second-order valence-corrected chi connectivity index (χ2v) is 5.10. The molecule has 0 heterocycles. The lowest BCUT2D eigenvalue weighted by atomic mass is 10.1. The highest BCUT2D eigenvalue weighted by Crippen LogP contribution is 2.19. The number of amides is 2. The van der Waals surface area contributed by atoms with Gasteiger partial charge in [0.05, 0.1) is 24.8 Å². The normalized spacial score (nSPS) is 10.1. The lowest BCUT2D eigenvalue weighted by Gasteiger charge is -2.11. The van der Waals surface area contributed by atoms with Crippen molar-refractivity contribution in [1.82, 2.24) is 5.32 Å². The molecule has 5 nitrogen and oxygen atoms in total. The standard InChI is InChI=1S/C18H19FN2O3/c1-3-20-18(23)13-6-4-5-7-15(13)21-17(22)11-12-8-9-16(24-2)14(19)10-12/h4-10H,3,11H2,1-2H3,(H,20,23)(H,21,22). The lowest BCUT2D eigenvalue weighted by Crippen LogP contribution is -2.25. The maximum absolute atomic E-state index is 13.7. The Kier molecular flexibility index (Phi) is 5.89. The Morgan fingerprint density at radius 2 is 1.92 bits per heavy atom. The second-order valence-electron chi connectivity index (χ2n) is 5.10. The van der Waals surface area contributed by atoms with Crippen molar-refractivity contribution in [3.63, 3.8) is 0 Å². The van der Waals surface area contributed by atoms with Gasteiger partial charge < -0.3 is 15.4 Å². The number of ether oxygens (including phenoxy) is 1. The van der Waals surface area contributed by atoms with E-state index in [4.69, 9.17) is 4.74 Å². The van der Waals surface area contributed by atoms with Crippen LogP contribution in [0.5, 0.6) is 5.75 Å². The van der Waals surface area contributed by atoms with E-state index in [9.17, 15) is 14.0 Å². The number of carbonyl (C=O) groups is 2. The summed E-state index contributed by atoms with van der Waals surface area (Å²) in [6, 6.07) is 11.1. The van der Waals surface area contributed by atoms with E-state index in [1.165, 1.54) is 19.2 Å². The summed E-state index contributed by atoms with van der Waals surface area (Å²) >= 11 is 0.